The van der Waals surface area contributed by atoms with Crippen LogP contribution in [-0.2, 0) is 0 Å². The molecule has 0 saturated carbocycles. The van der Waals surface area contributed by atoms with Crippen LogP contribution in [0.1, 0.15) is 32.8 Å². The number of hydrogen-bond donors (Lipinski definition) is 0. The molecule has 0 amide bonds. The second kappa shape index (κ2) is 4.85. The first-order valence-corrected chi connectivity index (χ1v) is 6.78. The number of benzene rings is 2. The molecule has 0 N–H and O–H groups in total. The minimum Gasteiger partial charge on any atom is -0.452 e. The third kappa shape index (κ3) is 2.25. The zero-order valence-corrected chi connectivity index (χ0v) is 12.2. The predicted octanol–water partition coefficient (Wildman–Crippen LogP) is 4.73. The number of aryl methyl sites for hydroxylation is 3. The fraction of sp³-hybridized carbons (Fsp3) is 0.167. The Morgan fingerprint density at radius 2 is 1.81 bits per heavy atom. The summed E-state index contributed by atoms with van der Waals surface area (Å²) in [4.78, 5) is 12.5. The van der Waals surface area contributed by atoms with Gasteiger partial charge in [-0.3, -0.25) is 4.79 Å². The highest BCUT2D eigenvalue weighted by molar-refractivity contribution is 6.10. The maximum Gasteiger partial charge on any atom is 0.228 e. The molecule has 1 aromatic heterocycles. The molecule has 0 aliphatic rings. The van der Waals surface area contributed by atoms with E-state index >= 15 is 0 Å². The summed E-state index contributed by atoms with van der Waals surface area (Å²) in [5.41, 5.74) is 3.36. The molecule has 3 heteroatoms. The molecule has 0 saturated heterocycles. The largest absolute Gasteiger partial charge is 0.452 e. The van der Waals surface area contributed by atoms with Gasteiger partial charge < -0.3 is 4.42 Å². The summed E-state index contributed by atoms with van der Waals surface area (Å²) >= 11 is 0. The molecule has 3 aromatic rings. The van der Waals surface area contributed by atoms with Gasteiger partial charge in [0, 0.05) is 16.5 Å². The highest BCUT2D eigenvalue weighted by Gasteiger charge is 2.19. The van der Waals surface area contributed by atoms with Gasteiger partial charge in [-0.25, -0.2) is 4.39 Å². The van der Waals surface area contributed by atoms with Crippen molar-refractivity contribution in [2.45, 2.75) is 20.8 Å². The number of ketones is 1. The van der Waals surface area contributed by atoms with Gasteiger partial charge in [-0.05, 0) is 44.0 Å². The maximum atomic E-state index is 13.6. The number of furan rings is 1. The van der Waals surface area contributed by atoms with Crippen molar-refractivity contribution in [1.82, 2.24) is 0 Å². The SMILES string of the molecule is Cc1ccc2c(C)c(C(=O)c3ccc(C)c(F)c3)oc2c1. The van der Waals surface area contributed by atoms with E-state index in [-0.39, 0.29) is 17.4 Å². The minimum absolute atomic E-state index is 0.277. The van der Waals surface area contributed by atoms with Crippen LogP contribution in [0.2, 0.25) is 0 Å². The van der Waals surface area contributed by atoms with Gasteiger partial charge in [0.15, 0.2) is 5.76 Å². The maximum absolute atomic E-state index is 13.6. The van der Waals surface area contributed by atoms with Crippen LogP contribution >= 0.6 is 0 Å². The molecule has 106 valence electrons. The number of carbonyl (C=O) groups is 1. The van der Waals surface area contributed by atoms with Gasteiger partial charge in [0.25, 0.3) is 0 Å². The fourth-order valence-electron chi connectivity index (χ4n) is 2.41. The van der Waals surface area contributed by atoms with Crippen LogP contribution in [0.25, 0.3) is 11.0 Å². The molecule has 0 aliphatic carbocycles. The number of hydrogen-bond acceptors (Lipinski definition) is 2. The number of carbonyl (C=O) groups excluding carboxylic acids is 1. The Bertz CT molecular complexity index is 859. The van der Waals surface area contributed by atoms with Crippen molar-refractivity contribution in [2.24, 2.45) is 0 Å². The highest BCUT2D eigenvalue weighted by atomic mass is 19.1. The van der Waals surface area contributed by atoms with Crippen LogP contribution in [0.5, 0.6) is 0 Å². The van der Waals surface area contributed by atoms with Crippen LogP contribution in [0, 0.1) is 26.6 Å². The molecule has 2 nitrogen and oxygen atoms in total. The van der Waals surface area contributed by atoms with Crippen molar-refractivity contribution in [2.75, 3.05) is 0 Å². The molecule has 0 unspecified atom stereocenters. The Morgan fingerprint density at radius 1 is 1.05 bits per heavy atom. The van der Waals surface area contributed by atoms with Gasteiger partial charge in [-0.1, -0.05) is 24.3 Å². The van der Waals surface area contributed by atoms with E-state index in [4.69, 9.17) is 4.42 Å². The van der Waals surface area contributed by atoms with Crippen molar-refractivity contribution in [3.8, 4) is 0 Å². The average molecular weight is 282 g/mol. The van der Waals surface area contributed by atoms with E-state index in [0.29, 0.717) is 16.7 Å². The molecule has 0 spiro atoms. The first kappa shape index (κ1) is 13.6. The van der Waals surface area contributed by atoms with Crippen molar-refractivity contribution in [3.63, 3.8) is 0 Å². The summed E-state index contributed by atoms with van der Waals surface area (Å²) in [7, 11) is 0. The molecule has 3 rings (SSSR count). The van der Waals surface area contributed by atoms with Gasteiger partial charge >= 0.3 is 0 Å². The summed E-state index contributed by atoms with van der Waals surface area (Å²) in [6.45, 7) is 5.48. The third-order valence-corrected chi connectivity index (χ3v) is 3.73. The zero-order valence-electron chi connectivity index (χ0n) is 12.2. The normalized spacial score (nSPS) is 11.0. The molecule has 1 heterocycles. The van der Waals surface area contributed by atoms with Crippen molar-refractivity contribution < 1.29 is 13.6 Å². The Kier molecular flexibility index (Phi) is 3.13. The number of fused-ring (bicyclic) bond motifs is 1. The molecule has 0 fully saturated rings. The molecule has 0 bridgehead atoms. The van der Waals surface area contributed by atoms with Gasteiger partial charge in [0.05, 0.1) is 0 Å². The van der Waals surface area contributed by atoms with Gasteiger partial charge in [0.1, 0.15) is 11.4 Å². The molecule has 0 radical (unpaired) electrons. The van der Waals surface area contributed by atoms with Crippen LogP contribution in [0.4, 0.5) is 4.39 Å². The fourth-order valence-corrected chi connectivity index (χ4v) is 2.41. The average Bonchev–Trinajstić information content (AvgIpc) is 2.77. The lowest BCUT2D eigenvalue weighted by molar-refractivity contribution is 0.101. The molecule has 0 aliphatic heterocycles. The van der Waals surface area contributed by atoms with Crippen LogP contribution in [0.3, 0.4) is 0 Å². The molecule has 21 heavy (non-hydrogen) atoms. The zero-order chi connectivity index (χ0) is 15.1. The van der Waals surface area contributed by atoms with E-state index in [9.17, 15) is 9.18 Å². The van der Waals surface area contributed by atoms with Gasteiger partial charge in [-0.2, -0.15) is 0 Å². The predicted molar refractivity (Wildman–Crippen MR) is 80.3 cm³/mol. The third-order valence-electron chi connectivity index (χ3n) is 3.73. The molecule has 0 atom stereocenters. The van der Waals surface area contributed by atoms with Crippen LogP contribution in [0.15, 0.2) is 40.8 Å². The van der Waals surface area contributed by atoms with E-state index in [0.717, 1.165) is 16.5 Å². The summed E-state index contributed by atoms with van der Waals surface area (Å²) in [5, 5.41) is 0.913. The summed E-state index contributed by atoms with van der Waals surface area (Å²) in [6.07, 6.45) is 0. The van der Waals surface area contributed by atoms with Crippen molar-refractivity contribution in [1.29, 1.82) is 0 Å². The number of rotatable bonds is 2. The lowest BCUT2D eigenvalue weighted by Crippen LogP contribution is -2.02. The van der Waals surface area contributed by atoms with E-state index in [1.54, 1.807) is 19.1 Å². The Hall–Kier alpha value is -2.42. The minimum atomic E-state index is -0.384. The molecular formula is C18H15FO2. The Morgan fingerprint density at radius 3 is 2.52 bits per heavy atom. The van der Waals surface area contributed by atoms with E-state index < -0.39 is 0 Å². The molecule has 2 aromatic carbocycles. The monoisotopic (exact) mass is 282 g/mol. The summed E-state index contributed by atoms with van der Waals surface area (Å²) in [6, 6.07) is 10.3. The van der Waals surface area contributed by atoms with E-state index in [2.05, 4.69) is 0 Å². The lowest BCUT2D eigenvalue weighted by Gasteiger charge is -2.01. The summed E-state index contributed by atoms with van der Waals surface area (Å²) < 4.78 is 19.3. The first-order valence-electron chi connectivity index (χ1n) is 6.78. The summed E-state index contributed by atoms with van der Waals surface area (Å²) in [5.74, 6) is -0.399. The van der Waals surface area contributed by atoms with Crippen LogP contribution < -0.4 is 0 Å². The highest BCUT2D eigenvalue weighted by Crippen LogP contribution is 2.28. The first-order chi connectivity index (χ1) is 9.97. The second-order valence-corrected chi connectivity index (χ2v) is 5.35. The van der Waals surface area contributed by atoms with Crippen molar-refractivity contribution >= 4 is 16.8 Å². The Labute approximate surface area is 122 Å². The van der Waals surface area contributed by atoms with E-state index in [1.165, 1.54) is 6.07 Å². The number of halogens is 1. The topological polar surface area (TPSA) is 30.2 Å². The second-order valence-electron chi connectivity index (χ2n) is 5.35. The Balaban J connectivity index is 2.13. The van der Waals surface area contributed by atoms with Crippen molar-refractivity contribution in [3.05, 3.63) is 70.2 Å². The quantitative estimate of drug-likeness (QED) is 0.636. The van der Waals surface area contributed by atoms with Crippen LogP contribution in [-0.4, -0.2) is 5.78 Å². The lowest BCUT2D eigenvalue weighted by atomic mass is 10.0. The smallest absolute Gasteiger partial charge is 0.228 e. The van der Waals surface area contributed by atoms with Gasteiger partial charge in [-0.15, -0.1) is 0 Å². The molecular weight excluding hydrogens is 267 g/mol. The standard InChI is InChI=1S/C18H15FO2/c1-10-4-7-14-12(3)18(21-16(14)8-10)17(20)13-6-5-11(2)15(19)9-13/h4-9H,1-3H3. The van der Waals surface area contributed by atoms with E-state index in [1.807, 2.05) is 32.0 Å². The van der Waals surface area contributed by atoms with Gasteiger partial charge in [0.2, 0.25) is 5.78 Å².